The van der Waals surface area contributed by atoms with E-state index in [1.165, 1.54) is 0 Å². The predicted molar refractivity (Wildman–Crippen MR) is 31.1 cm³/mol. The van der Waals surface area contributed by atoms with Crippen LogP contribution in [0.5, 0.6) is 0 Å². The smallest absolute Gasteiger partial charge is 0.165 e. The molecule has 0 N–H and O–H groups in total. The number of hydrogen-bond acceptors (Lipinski definition) is 4. The van der Waals surface area contributed by atoms with Gasteiger partial charge >= 0.3 is 0 Å². The van der Waals surface area contributed by atoms with Crippen LogP contribution in [-0.4, -0.2) is 32.6 Å². The van der Waals surface area contributed by atoms with Crippen LogP contribution in [0.2, 0.25) is 0 Å². The molecule has 0 saturated carbocycles. The molecule has 2 aliphatic rings. The molecule has 1 unspecified atom stereocenters. The molecule has 0 aliphatic carbocycles. The van der Waals surface area contributed by atoms with Crippen molar-refractivity contribution in [2.75, 3.05) is 20.2 Å². The Morgan fingerprint density at radius 2 is 1.80 bits per heavy atom. The van der Waals surface area contributed by atoms with Gasteiger partial charge in [-0.1, -0.05) is 0 Å². The lowest BCUT2D eigenvalue weighted by Crippen LogP contribution is -2.27. The zero-order chi connectivity index (χ0) is 6.81. The zero-order valence-electron chi connectivity index (χ0n) is 5.62. The second-order valence-corrected chi connectivity index (χ2v) is 2.39. The van der Waals surface area contributed by atoms with E-state index in [9.17, 15) is 0 Å². The van der Waals surface area contributed by atoms with E-state index in [-0.39, 0.29) is 6.29 Å². The molecule has 0 spiro atoms. The summed E-state index contributed by atoms with van der Waals surface area (Å²) in [6.45, 7) is 1.54. The lowest BCUT2D eigenvalue weighted by Gasteiger charge is -2.22. The molecule has 4 heteroatoms. The lowest BCUT2D eigenvalue weighted by atomic mass is 10.3. The second-order valence-electron chi connectivity index (χ2n) is 2.39. The van der Waals surface area contributed by atoms with Crippen LogP contribution in [0.15, 0.2) is 0 Å². The van der Waals surface area contributed by atoms with E-state index in [1.807, 2.05) is 0 Å². The van der Waals surface area contributed by atoms with Gasteiger partial charge in [-0.3, -0.25) is 0 Å². The summed E-state index contributed by atoms with van der Waals surface area (Å²) in [7, 11) is 0. The first kappa shape index (κ1) is 6.54. The van der Waals surface area contributed by atoms with E-state index in [2.05, 4.69) is 0 Å². The summed E-state index contributed by atoms with van der Waals surface area (Å²) in [4.78, 5) is 0. The van der Waals surface area contributed by atoms with Crippen molar-refractivity contribution in [1.82, 2.24) is 0 Å². The van der Waals surface area contributed by atoms with Crippen LogP contribution in [0.1, 0.15) is 6.42 Å². The third-order valence-electron chi connectivity index (χ3n) is 1.53. The van der Waals surface area contributed by atoms with Gasteiger partial charge in [-0.15, -0.1) is 0 Å². The highest BCUT2D eigenvalue weighted by molar-refractivity contribution is 4.70. The predicted octanol–water partition coefficient (Wildman–Crippen LogP) is 0.0798. The molecule has 0 aromatic rings. The Balaban J connectivity index is 1.69. The first-order valence-electron chi connectivity index (χ1n) is 3.38. The van der Waals surface area contributed by atoms with Gasteiger partial charge in [0.1, 0.15) is 0 Å². The van der Waals surface area contributed by atoms with E-state index < -0.39 is 0 Å². The maximum Gasteiger partial charge on any atom is 0.165 e. The van der Waals surface area contributed by atoms with Gasteiger partial charge in [0.25, 0.3) is 0 Å². The molecule has 0 aromatic heterocycles. The van der Waals surface area contributed by atoms with Gasteiger partial charge in [0.05, 0.1) is 12.7 Å². The van der Waals surface area contributed by atoms with E-state index >= 15 is 0 Å². The van der Waals surface area contributed by atoms with E-state index in [4.69, 9.17) is 18.9 Å². The third kappa shape index (κ3) is 1.67. The first-order chi connectivity index (χ1) is 4.95. The van der Waals surface area contributed by atoms with Crippen molar-refractivity contribution in [3.63, 3.8) is 0 Å². The molecule has 2 heterocycles. The summed E-state index contributed by atoms with van der Waals surface area (Å²) in [6.07, 6.45) is 1.09. The van der Waals surface area contributed by atoms with Crippen LogP contribution in [0.25, 0.3) is 0 Å². The normalized spacial score (nSPS) is 34.2. The molecule has 10 heavy (non-hydrogen) atoms. The van der Waals surface area contributed by atoms with Crippen LogP contribution in [0.4, 0.5) is 0 Å². The molecule has 1 atom stereocenters. The summed E-state index contributed by atoms with van der Waals surface area (Å²) in [5.41, 5.74) is 0. The molecule has 2 saturated heterocycles. The van der Waals surface area contributed by atoms with Gasteiger partial charge in [0.15, 0.2) is 19.9 Å². The Morgan fingerprint density at radius 1 is 1.10 bits per heavy atom. The molecule has 0 amide bonds. The van der Waals surface area contributed by atoms with Crippen LogP contribution in [0.3, 0.4) is 0 Å². The van der Waals surface area contributed by atoms with Gasteiger partial charge in [0, 0.05) is 6.42 Å². The molecule has 0 bridgehead atoms. The fraction of sp³-hybridized carbons (Fsp3) is 1.00. The zero-order valence-corrected chi connectivity index (χ0v) is 5.62. The molecular formula is C6H10O4. The summed E-state index contributed by atoms with van der Waals surface area (Å²) in [5.74, 6) is 0. The van der Waals surface area contributed by atoms with Crippen molar-refractivity contribution in [1.29, 1.82) is 0 Å². The van der Waals surface area contributed by atoms with Crippen LogP contribution in [-0.2, 0) is 18.9 Å². The van der Waals surface area contributed by atoms with Gasteiger partial charge in [-0.05, 0) is 0 Å². The standard InChI is InChI=1S/C6H10O4/c1(5-2-8-5)6-9-3-7-4-10-6/h5-6H,1-4H2. The van der Waals surface area contributed by atoms with Crippen molar-refractivity contribution in [3.8, 4) is 0 Å². The molecule has 2 fully saturated rings. The Hall–Kier alpha value is -0.160. The largest absolute Gasteiger partial charge is 0.373 e. The van der Waals surface area contributed by atoms with Crippen molar-refractivity contribution in [3.05, 3.63) is 0 Å². The molecular weight excluding hydrogens is 136 g/mol. The van der Waals surface area contributed by atoms with Gasteiger partial charge in [0.2, 0.25) is 0 Å². The summed E-state index contributed by atoms with van der Waals surface area (Å²) < 4.78 is 20.0. The average Bonchev–Trinajstić information content (AvgIpc) is 2.74. The Morgan fingerprint density at radius 3 is 2.40 bits per heavy atom. The molecule has 0 aromatic carbocycles. The number of hydrogen-bond donors (Lipinski definition) is 0. The maximum absolute atomic E-state index is 5.10. The van der Waals surface area contributed by atoms with Crippen molar-refractivity contribution >= 4 is 0 Å². The quantitative estimate of drug-likeness (QED) is 0.517. The Bertz CT molecular complexity index is 106. The van der Waals surface area contributed by atoms with E-state index in [1.54, 1.807) is 0 Å². The maximum atomic E-state index is 5.10. The monoisotopic (exact) mass is 146 g/mol. The van der Waals surface area contributed by atoms with Crippen molar-refractivity contribution < 1.29 is 18.9 Å². The van der Waals surface area contributed by atoms with Gasteiger partial charge in [-0.2, -0.15) is 0 Å². The second kappa shape index (κ2) is 2.84. The summed E-state index contributed by atoms with van der Waals surface area (Å²) >= 11 is 0. The van der Waals surface area contributed by atoms with Crippen molar-refractivity contribution in [2.45, 2.75) is 18.8 Å². The van der Waals surface area contributed by atoms with Crippen LogP contribution < -0.4 is 0 Å². The van der Waals surface area contributed by atoms with E-state index in [0.29, 0.717) is 19.7 Å². The number of ether oxygens (including phenoxy) is 4. The fourth-order valence-electron chi connectivity index (χ4n) is 0.885. The average molecular weight is 146 g/mol. The molecule has 2 aliphatic heterocycles. The fourth-order valence-corrected chi connectivity index (χ4v) is 0.885. The number of rotatable bonds is 2. The topological polar surface area (TPSA) is 40.2 Å². The lowest BCUT2D eigenvalue weighted by molar-refractivity contribution is -0.300. The first-order valence-corrected chi connectivity index (χ1v) is 3.38. The van der Waals surface area contributed by atoms with E-state index in [0.717, 1.165) is 13.0 Å². The van der Waals surface area contributed by atoms with Gasteiger partial charge in [-0.25, -0.2) is 0 Å². The molecule has 2 rings (SSSR count). The Kier molecular flexibility index (Phi) is 1.86. The molecule has 4 nitrogen and oxygen atoms in total. The van der Waals surface area contributed by atoms with Crippen LogP contribution >= 0.6 is 0 Å². The highest BCUT2D eigenvalue weighted by atomic mass is 16.8. The SMILES string of the molecule is C1OCOC(CC2CO2)O1. The minimum absolute atomic E-state index is 0.110. The highest BCUT2D eigenvalue weighted by Crippen LogP contribution is 2.19. The summed E-state index contributed by atoms with van der Waals surface area (Å²) in [5, 5.41) is 0. The Labute approximate surface area is 59.0 Å². The minimum Gasteiger partial charge on any atom is -0.373 e. The number of epoxide rings is 1. The molecule has 0 radical (unpaired) electrons. The van der Waals surface area contributed by atoms with Gasteiger partial charge < -0.3 is 18.9 Å². The van der Waals surface area contributed by atoms with Crippen molar-refractivity contribution in [2.24, 2.45) is 0 Å². The molecule has 58 valence electrons. The van der Waals surface area contributed by atoms with Crippen LogP contribution in [0, 0.1) is 0 Å². The third-order valence-corrected chi connectivity index (χ3v) is 1.53. The minimum atomic E-state index is -0.110. The highest BCUT2D eigenvalue weighted by Gasteiger charge is 2.28. The summed E-state index contributed by atoms with van der Waals surface area (Å²) in [6, 6.07) is 0.